The molecule has 1 N–H and O–H groups in total. The van der Waals surface area contributed by atoms with Crippen LogP contribution in [0, 0.1) is 5.82 Å². The van der Waals surface area contributed by atoms with E-state index in [0.717, 1.165) is 29.6 Å². The van der Waals surface area contributed by atoms with Crippen molar-refractivity contribution in [1.29, 1.82) is 0 Å². The van der Waals surface area contributed by atoms with Crippen LogP contribution >= 0.6 is 0 Å². The summed E-state index contributed by atoms with van der Waals surface area (Å²) in [5.74, 6) is -0.0803. The zero-order chi connectivity index (χ0) is 14.0. The number of nitrogens with zero attached hydrogens (tertiary/aromatic N) is 2. The van der Waals surface area contributed by atoms with Crippen molar-refractivity contribution in [3.8, 4) is 5.75 Å². The van der Waals surface area contributed by atoms with Crippen LogP contribution in [0.3, 0.4) is 0 Å². The second kappa shape index (κ2) is 5.57. The van der Waals surface area contributed by atoms with E-state index in [-0.39, 0.29) is 11.6 Å². The Balaban J connectivity index is 2.31. The van der Waals surface area contributed by atoms with Gasteiger partial charge < -0.3 is 9.64 Å². The average molecular weight is 265 g/mol. The van der Waals surface area contributed by atoms with Gasteiger partial charge >= 0.3 is 0 Å². The van der Waals surface area contributed by atoms with Crippen LogP contribution in [0.2, 0.25) is 0 Å². The molecular weight excluding hydrogens is 245 g/mol. The van der Waals surface area contributed by atoms with Crippen molar-refractivity contribution in [2.45, 2.75) is 26.3 Å². The number of rotatable bonds is 5. The van der Waals surface area contributed by atoms with Crippen LogP contribution < -0.4 is 4.74 Å². The number of hydrogen-bond donors (Lipinski definition) is 1. The van der Waals surface area contributed by atoms with Gasteiger partial charge in [0.15, 0.2) is 11.6 Å². The summed E-state index contributed by atoms with van der Waals surface area (Å²) in [6.45, 7) is 5.17. The van der Waals surface area contributed by atoms with E-state index in [1.165, 1.54) is 13.2 Å². The third-order valence-electron chi connectivity index (χ3n) is 3.50. The standard InChI is InChI=1S/C14H20FN3O/c1-9(2)18(3)8-7-12-13-11(16-17-12)6-5-10(15)14(13)19-4/h5-6,9H,7-8H2,1-4H3,(H,16,17). The minimum atomic E-state index is -0.352. The summed E-state index contributed by atoms with van der Waals surface area (Å²) in [6, 6.07) is 3.53. The molecule has 0 unspecified atom stereocenters. The quantitative estimate of drug-likeness (QED) is 0.903. The van der Waals surface area contributed by atoms with E-state index < -0.39 is 0 Å². The van der Waals surface area contributed by atoms with Gasteiger partial charge in [-0.3, -0.25) is 5.10 Å². The van der Waals surface area contributed by atoms with E-state index >= 15 is 0 Å². The summed E-state index contributed by atoms with van der Waals surface area (Å²) >= 11 is 0. The normalized spacial score (nSPS) is 11.7. The molecule has 1 heterocycles. The molecule has 0 radical (unpaired) electrons. The molecule has 0 spiro atoms. The molecule has 0 bridgehead atoms. The smallest absolute Gasteiger partial charge is 0.165 e. The molecule has 0 aliphatic rings. The SMILES string of the molecule is COc1c(F)ccc2n[nH]c(CCN(C)C(C)C)c12. The van der Waals surface area contributed by atoms with Crippen molar-refractivity contribution in [3.05, 3.63) is 23.6 Å². The molecule has 104 valence electrons. The molecule has 0 aliphatic carbocycles. The van der Waals surface area contributed by atoms with E-state index in [4.69, 9.17) is 4.74 Å². The molecule has 2 rings (SSSR count). The fourth-order valence-corrected chi connectivity index (χ4v) is 2.04. The summed E-state index contributed by atoms with van der Waals surface area (Å²) in [5.41, 5.74) is 1.65. The lowest BCUT2D eigenvalue weighted by Gasteiger charge is -2.20. The maximum atomic E-state index is 13.7. The van der Waals surface area contributed by atoms with Gasteiger partial charge in [0.1, 0.15) is 0 Å². The minimum absolute atomic E-state index is 0.272. The lowest BCUT2D eigenvalue weighted by molar-refractivity contribution is 0.277. The van der Waals surface area contributed by atoms with Gasteiger partial charge in [-0.15, -0.1) is 0 Å². The third kappa shape index (κ3) is 2.71. The third-order valence-corrected chi connectivity index (χ3v) is 3.50. The highest BCUT2D eigenvalue weighted by atomic mass is 19.1. The Hall–Kier alpha value is -1.62. The van der Waals surface area contributed by atoms with Crippen molar-refractivity contribution >= 4 is 10.9 Å². The van der Waals surface area contributed by atoms with Crippen LogP contribution in [-0.4, -0.2) is 41.8 Å². The lowest BCUT2D eigenvalue weighted by Crippen LogP contribution is -2.28. The van der Waals surface area contributed by atoms with Crippen molar-refractivity contribution in [2.75, 3.05) is 20.7 Å². The number of H-pyrrole nitrogens is 1. The fraction of sp³-hybridized carbons (Fsp3) is 0.500. The number of nitrogens with one attached hydrogen (secondary N) is 1. The Bertz CT molecular complexity index is 565. The van der Waals surface area contributed by atoms with Crippen molar-refractivity contribution in [1.82, 2.24) is 15.1 Å². The number of methoxy groups -OCH3 is 1. The van der Waals surface area contributed by atoms with E-state index in [0.29, 0.717) is 6.04 Å². The summed E-state index contributed by atoms with van der Waals surface area (Å²) in [4.78, 5) is 2.23. The second-order valence-corrected chi connectivity index (χ2v) is 5.00. The van der Waals surface area contributed by atoms with Crippen molar-refractivity contribution in [3.63, 3.8) is 0 Å². The molecule has 2 aromatic rings. The Morgan fingerprint density at radius 2 is 2.16 bits per heavy atom. The van der Waals surface area contributed by atoms with Gasteiger partial charge in [-0.05, 0) is 33.0 Å². The fourth-order valence-electron chi connectivity index (χ4n) is 2.04. The Kier molecular flexibility index (Phi) is 4.04. The molecule has 0 amide bonds. The number of likely N-dealkylation sites (N-methyl/N-ethyl adjacent to an activating group) is 1. The van der Waals surface area contributed by atoms with Crippen LogP contribution in [0.5, 0.6) is 5.75 Å². The molecule has 0 saturated heterocycles. The molecule has 0 aliphatic heterocycles. The van der Waals surface area contributed by atoms with Crippen LogP contribution in [0.15, 0.2) is 12.1 Å². The van der Waals surface area contributed by atoms with Gasteiger partial charge in [-0.2, -0.15) is 5.10 Å². The monoisotopic (exact) mass is 265 g/mol. The van der Waals surface area contributed by atoms with E-state index in [2.05, 4.69) is 36.0 Å². The Morgan fingerprint density at radius 1 is 1.42 bits per heavy atom. The average Bonchev–Trinajstić information content (AvgIpc) is 2.79. The van der Waals surface area contributed by atoms with Crippen LogP contribution in [0.4, 0.5) is 4.39 Å². The van der Waals surface area contributed by atoms with E-state index in [9.17, 15) is 4.39 Å². The van der Waals surface area contributed by atoms with Gasteiger partial charge in [0.25, 0.3) is 0 Å². The number of hydrogen-bond acceptors (Lipinski definition) is 3. The molecule has 5 heteroatoms. The maximum absolute atomic E-state index is 13.7. The maximum Gasteiger partial charge on any atom is 0.165 e. The molecular formula is C14H20FN3O. The minimum Gasteiger partial charge on any atom is -0.493 e. The first-order chi connectivity index (χ1) is 9.04. The Morgan fingerprint density at radius 3 is 2.79 bits per heavy atom. The van der Waals surface area contributed by atoms with Crippen molar-refractivity contribution < 1.29 is 9.13 Å². The van der Waals surface area contributed by atoms with Crippen molar-refractivity contribution in [2.24, 2.45) is 0 Å². The first-order valence-electron chi connectivity index (χ1n) is 6.44. The first-order valence-corrected chi connectivity index (χ1v) is 6.44. The molecule has 0 saturated carbocycles. The molecule has 0 fully saturated rings. The molecule has 4 nitrogen and oxygen atoms in total. The molecule has 1 aromatic heterocycles. The van der Waals surface area contributed by atoms with Gasteiger partial charge in [0.2, 0.25) is 0 Å². The molecule has 0 atom stereocenters. The van der Waals surface area contributed by atoms with Crippen LogP contribution in [0.25, 0.3) is 10.9 Å². The number of halogens is 1. The largest absolute Gasteiger partial charge is 0.493 e. The number of benzene rings is 1. The zero-order valence-corrected chi connectivity index (χ0v) is 11.8. The highest BCUT2D eigenvalue weighted by molar-refractivity contribution is 5.88. The summed E-state index contributed by atoms with van der Waals surface area (Å²) in [5, 5.41) is 7.94. The van der Waals surface area contributed by atoms with E-state index in [1.807, 2.05) is 0 Å². The predicted molar refractivity (Wildman–Crippen MR) is 74.1 cm³/mol. The van der Waals surface area contributed by atoms with Gasteiger partial charge in [0.05, 0.1) is 18.0 Å². The number of aromatic amines is 1. The molecule has 19 heavy (non-hydrogen) atoms. The Labute approximate surface area is 112 Å². The highest BCUT2D eigenvalue weighted by Crippen LogP contribution is 2.30. The van der Waals surface area contributed by atoms with E-state index in [1.54, 1.807) is 6.07 Å². The highest BCUT2D eigenvalue weighted by Gasteiger charge is 2.15. The lowest BCUT2D eigenvalue weighted by atomic mass is 10.1. The predicted octanol–water partition coefficient (Wildman–Crippen LogP) is 2.59. The molecule has 1 aromatic carbocycles. The van der Waals surface area contributed by atoms with Gasteiger partial charge in [-0.25, -0.2) is 4.39 Å². The van der Waals surface area contributed by atoms with Crippen LogP contribution in [-0.2, 0) is 6.42 Å². The summed E-state index contributed by atoms with van der Waals surface area (Å²) in [6.07, 6.45) is 0.783. The first kappa shape index (κ1) is 13.8. The number of fused-ring (bicyclic) bond motifs is 1. The summed E-state index contributed by atoms with van der Waals surface area (Å²) < 4.78 is 18.9. The second-order valence-electron chi connectivity index (χ2n) is 5.00. The summed E-state index contributed by atoms with van der Waals surface area (Å²) in [7, 11) is 3.55. The topological polar surface area (TPSA) is 41.1 Å². The number of ether oxygens (including phenoxy) is 1. The number of aromatic nitrogens is 2. The van der Waals surface area contributed by atoms with Gasteiger partial charge in [0, 0.05) is 24.7 Å². The zero-order valence-electron chi connectivity index (χ0n) is 11.8. The van der Waals surface area contributed by atoms with Crippen LogP contribution in [0.1, 0.15) is 19.5 Å². The van der Waals surface area contributed by atoms with Gasteiger partial charge in [-0.1, -0.05) is 0 Å².